The van der Waals surface area contributed by atoms with Crippen molar-refractivity contribution < 1.29 is 9.47 Å². The van der Waals surface area contributed by atoms with Crippen molar-refractivity contribution in [2.45, 2.75) is 0 Å². The number of halogens is 1. The first-order chi connectivity index (χ1) is 11.2. The Labute approximate surface area is 139 Å². The number of nitrogens with zero attached hydrogens (tertiary/aromatic N) is 3. The number of rotatable bonds is 4. The highest BCUT2D eigenvalue weighted by molar-refractivity contribution is 6.32. The molecule has 0 aliphatic carbocycles. The number of hydrogen-bond donors (Lipinski definition) is 2. The van der Waals surface area contributed by atoms with Gasteiger partial charge in [-0.25, -0.2) is 4.98 Å². The number of nitrogens with two attached hydrogens (primary N) is 1. The van der Waals surface area contributed by atoms with Crippen LogP contribution in [0.25, 0.3) is 0 Å². The lowest BCUT2D eigenvalue weighted by atomic mass is 10.2. The predicted molar refractivity (Wildman–Crippen MR) is 90.8 cm³/mol. The van der Waals surface area contributed by atoms with E-state index in [2.05, 4.69) is 20.2 Å². The molecular formula is C15H18ClN5O2. The van der Waals surface area contributed by atoms with Crippen LogP contribution in [0, 0.1) is 0 Å². The average Bonchev–Trinajstić information content (AvgIpc) is 2.59. The van der Waals surface area contributed by atoms with Gasteiger partial charge in [-0.1, -0.05) is 11.6 Å². The van der Waals surface area contributed by atoms with Crippen LogP contribution in [0.15, 0.2) is 24.4 Å². The number of anilines is 4. The van der Waals surface area contributed by atoms with Crippen LogP contribution >= 0.6 is 11.6 Å². The zero-order valence-corrected chi connectivity index (χ0v) is 13.5. The van der Waals surface area contributed by atoms with Crippen LogP contribution in [-0.4, -0.2) is 43.4 Å². The molecular weight excluding hydrogens is 318 g/mol. The number of ether oxygens (including phenoxy) is 2. The summed E-state index contributed by atoms with van der Waals surface area (Å²) in [5, 5.41) is 3.52. The maximum absolute atomic E-state index is 6.09. The van der Waals surface area contributed by atoms with E-state index in [0.29, 0.717) is 16.6 Å². The van der Waals surface area contributed by atoms with Gasteiger partial charge in [0.25, 0.3) is 0 Å². The van der Waals surface area contributed by atoms with Crippen molar-refractivity contribution in [2.24, 2.45) is 0 Å². The number of methoxy groups -OCH3 is 1. The Morgan fingerprint density at radius 2 is 2.13 bits per heavy atom. The molecule has 1 saturated heterocycles. The smallest absolute Gasteiger partial charge is 0.222 e. The van der Waals surface area contributed by atoms with Gasteiger partial charge in [0.2, 0.25) is 5.95 Å². The lowest BCUT2D eigenvalue weighted by Crippen LogP contribution is -2.36. The highest BCUT2D eigenvalue weighted by Crippen LogP contribution is 2.33. The third-order valence-electron chi connectivity index (χ3n) is 3.58. The van der Waals surface area contributed by atoms with E-state index in [0.717, 1.165) is 37.7 Å². The van der Waals surface area contributed by atoms with Gasteiger partial charge in [0.05, 0.1) is 32.2 Å². The van der Waals surface area contributed by atoms with Crippen LogP contribution in [0.2, 0.25) is 5.02 Å². The third kappa shape index (κ3) is 3.57. The fourth-order valence-corrected chi connectivity index (χ4v) is 2.54. The molecule has 7 nitrogen and oxygen atoms in total. The molecule has 3 N–H and O–H groups in total. The van der Waals surface area contributed by atoms with Gasteiger partial charge in [-0.05, 0) is 12.1 Å². The summed E-state index contributed by atoms with van der Waals surface area (Å²) >= 11 is 6.09. The molecule has 23 heavy (non-hydrogen) atoms. The van der Waals surface area contributed by atoms with Gasteiger partial charge in [-0.3, -0.25) is 0 Å². The number of morpholine rings is 1. The van der Waals surface area contributed by atoms with Crippen molar-refractivity contribution in [2.75, 3.05) is 49.4 Å². The fourth-order valence-electron chi connectivity index (χ4n) is 2.40. The summed E-state index contributed by atoms with van der Waals surface area (Å²) in [6, 6.07) is 5.93. The minimum absolute atomic E-state index is 0.154. The third-order valence-corrected chi connectivity index (χ3v) is 3.85. The molecule has 0 atom stereocenters. The van der Waals surface area contributed by atoms with E-state index in [-0.39, 0.29) is 5.95 Å². The lowest BCUT2D eigenvalue weighted by molar-refractivity contribution is 0.122. The molecule has 1 aliphatic rings. The van der Waals surface area contributed by atoms with Gasteiger partial charge < -0.3 is 25.4 Å². The molecule has 0 spiro atoms. The molecule has 1 aliphatic heterocycles. The van der Waals surface area contributed by atoms with Crippen molar-refractivity contribution in [1.82, 2.24) is 9.97 Å². The summed E-state index contributed by atoms with van der Waals surface area (Å²) in [5.41, 5.74) is 7.44. The van der Waals surface area contributed by atoms with Gasteiger partial charge >= 0.3 is 0 Å². The van der Waals surface area contributed by atoms with Crippen LogP contribution < -0.4 is 20.7 Å². The number of aromatic nitrogens is 2. The van der Waals surface area contributed by atoms with Crippen LogP contribution in [-0.2, 0) is 4.74 Å². The second-order valence-electron chi connectivity index (χ2n) is 5.03. The topological polar surface area (TPSA) is 85.5 Å². The monoisotopic (exact) mass is 335 g/mol. The summed E-state index contributed by atoms with van der Waals surface area (Å²) in [4.78, 5) is 10.2. The Balaban J connectivity index is 1.86. The minimum Gasteiger partial charge on any atom is -0.494 e. The van der Waals surface area contributed by atoms with E-state index in [1.807, 2.05) is 18.2 Å². The van der Waals surface area contributed by atoms with Crippen LogP contribution in [0.3, 0.4) is 0 Å². The molecule has 0 saturated carbocycles. The molecule has 2 heterocycles. The predicted octanol–water partition coefficient (Wildman–Crippen LogP) is 2.30. The SMILES string of the molecule is COc1cc(N2CCOCC2)ccc1Nc1nc(N)ncc1Cl. The largest absolute Gasteiger partial charge is 0.494 e. The number of nitrogen functional groups attached to an aromatic ring is 1. The van der Waals surface area contributed by atoms with E-state index in [9.17, 15) is 0 Å². The van der Waals surface area contributed by atoms with Gasteiger partial charge in [0.1, 0.15) is 10.8 Å². The summed E-state index contributed by atoms with van der Waals surface area (Å²) in [7, 11) is 1.62. The molecule has 8 heteroatoms. The molecule has 2 aromatic rings. The maximum Gasteiger partial charge on any atom is 0.222 e. The first-order valence-corrected chi connectivity index (χ1v) is 7.61. The van der Waals surface area contributed by atoms with Crippen molar-refractivity contribution in [3.05, 3.63) is 29.4 Å². The Morgan fingerprint density at radius 3 is 2.87 bits per heavy atom. The van der Waals surface area contributed by atoms with Crippen LogP contribution in [0.5, 0.6) is 5.75 Å². The highest BCUT2D eigenvalue weighted by atomic mass is 35.5. The summed E-state index contributed by atoms with van der Waals surface area (Å²) in [6.45, 7) is 3.20. The quantitative estimate of drug-likeness (QED) is 0.886. The van der Waals surface area contributed by atoms with Crippen molar-refractivity contribution in [3.63, 3.8) is 0 Å². The molecule has 1 aromatic carbocycles. The Hall–Kier alpha value is -2.25. The molecule has 0 amide bonds. The van der Waals surface area contributed by atoms with E-state index in [4.69, 9.17) is 26.8 Å². The summed E-state index contributed by atoms with van der Waals surface area (Å²) in [5.74, 6) is 1.29. The lowest BCUT2D eigenvalue weighted by Gasteiger charge is -2.29. The van der Waals surface area contributed by atoms with Crippen LogP contribution in [0.4, 0.5) is 23.1 Å². The summed E-state index contributed by atoms with van der Waals surface area (Å²) < 4.78 is 10.9. The molecule has 1 fully saturated rings. The average molecular weight is 336 g/mol. The molecule has 0 radical (unpaired) electrons. The molecule has 0 bridgehead atoms. The summed E-state index contributed by atoms with van der Waals surface area (Å²) in [6.07, 6.45) is 1.46. The van der Waals surface area contributed by atoms with Crippen LogP contribution in [0.1, 0.15) is 0 Å². The minimum atomic E-state index is 0.154. The fraction of sp³-hybridized carbons (Fsp3) is 0.333. The number of nitrogens with one attached hydrogen (secondary N) is 1. The molecule has 0 unspecified atom stereocenters. The first kappa shape index (κ1) is 15.6. The molecule has 122 valence electrons. The Kier molecular flexibility index (Phi) is 4.68. The first-order valence-electron chi connectivity index (χ1n) is 7.23. The second kappa shape index (κ2) is 6.89. The van der Waals surface area contributed by atoms with Gasteiger partial charge in [-0.2, -0.15) is 4.98 Å². The Bertz CT molecular complexity index is 692. The Morgan fingerprint density at radius 1 is 1.35 bits per heavy atom. The van der Waals surface area contributed by atoms with Crippen molar-refractivity contribution >= 4 is 34.7 Å². The van der Waals surface area contributed by atoms with E-state index >= 15 is 0 Å². The maximum atomic E-state index is 6.09. The van der Waals surface area contributed by atoms with Gasteiger partial charge in [0, 0.05) is 24.8 Å². The zero-order valence-electron chi connectivity index (χ0n) is 12.8. The van der Waals surface area contributed by atoms with E-state index in [1.165, 1.54) is 6.20 Å². The van der Waals surface area contributed by atoms with Gasteiger partial charge in [-0.15, -0.1) is 0 Å². The molecule has 3 rings (SSSR count). The molecule has 1 aromatic heterocycles. The second-order valence-corrected chi connectivity index (χ2v) is 5.44. The van der Waals surface area contributed by atoms with E-state index in [1.54, 1.807) is 7.11 Å². The van der Waals surface area contributed by atoms with Crippen molar-refractivity contribution in [1.29, 1.82) is 0 Å². The zero-order chi connectivity index (χ0) is 16.2. The number of benzene rings is 1. The standard InChI is InChI=1S/C15H18ClN5O2/c1-22-13-8-10(21-4-6-23-7-5-21)2-3-12(13)19-14-11(16)9-18-15(17)20-14/h2-3,8-9H,4-7H2,1H3,(H3,17,18,19,20). The van der Waals surface area contributed by atoms with E-state index < -0.39 is 0 Å². The normalized spacial score (nSPS) is 14.6. The number of hydrogen-bond acceptors (Lipinski definition) is 7. The van der Waals surface area contributed by atoms with Gasteiger partial charge in [0.15, 0.2) is 5.82 Å². The highest BCUT2D eigenvalue weighted by Gasteiger charge is 2.14. The van der Waals surface area contributed by atoms with Crippen molar-refractivity contribution in [3.8, 4) is 5.75 Å².